The number of nitrogens with zero attached hydrogens (tertiary/aromatic N) is 1. The summed E-state index contributed by atoms with van der Waals surface area (Å²) in [5.41, 5.74) is 12.4. The van der Waals surface area contributed by atoms with Gasteiger partial charge in [0.15, 0.2) is 0 Å². The Balaban J connectivity index is 1.27. The minimum atomic E-state index is 0.147. The van der Waals surface area contributed by atoms with Crippen LogP contribution in [0.4, 0.5) is 0 Å². The summed E-state index contributed by atoms with van der Waals surface area (Å²) in [5, 5.41) is 5.28. The third-order valence-electron chi connectivity index (χ3n) is 10.7. The van der Waals surface area contributed by atoms with Crippen molar-refractivity contribution in [2.45, 2.75) is 33.6 Å². The second-order valence-electron chi connectivity index (χ2n) is 14.2. The summed E-state index contributed by atoms with van der Waals surface area (Å²) in [6.07, 6.45) is 28.4. The van der Waals surface area contributed by atoms with E-state index in [0.29, 0.717) is 23.7 Å². The summed E-state index contributed by atoms with van der Waals surface area (Å²) in [6.45, 7) is 7.01. The van der Waals surface area contributed by atoms with E-state index >= 15 is 0 Å². The molecule has 1 heteroatoms. The van der Waals surface area contributed by atoms with Crippen LogP contribution >= 0.6 is 0 Å². The van der Waals surface area contributed by atoms with Gasteiger partial charge >= 0.3 is 0 Å². The number of fused-ring (bicyclic) bond motifs is 3. The largest absolute Gasteiger partial charge is 0.256 e. The van der Waals surface area contributed by atoms with Crippen molar-refractivity contribution < 1.29 is 0 Å². The summed E-state index contributed by atoms with van der Waals surface area (Å²) in [5.74, 6) is 1.72. The minimum Gasteiger partial charge on any atom is -0.256 e. The van der Waals surface area contributed by atoms with Crippen molar-refractivity contribution >= 4 is 33.2 Å². The van der Waals surface area contributed by atoms with Gasteiger partial charge in [-0.25, -0.2) is 0 Å². The van der Waals surface area contributed by atoms with Crippen molar-refractivity contribution in [1.82, 2.24) is 4.98 Å². The summed E-state index contributed by atoms with van der Waals surface area (Å²) < 4.78 is 0. The molecule has 3 aromatic carbocycles. The topological polar surface area (TPSA) is 12.9 Å². The lowest BCUT2D eigenvalue weighted by Crippen LogP contribution is -2.38. The molecule has 1 heterocycles. The summed E-state index contributed by atoms with van der Waals surface area (Å²) in [6, 6.07) is 20.5. The molecule has 0 amide bonds. The van der Waals surface area contributed by atoms with Crippen LogP contribution in [0.3, 0.4) is 0 Å². The van der Waals surface area contributed by atoms with Gasteiger partial charge in [-0.05, 0) is 90.9 Å². The minimum absolute atomic E-state index is 0.147. The van der Waals surface area contributed by atoms with E-state index in [4.69, 9.17) is 4.98 Å². The maximum Gasteiger partial charge on any atom is 0.0658 e. The Morgan fingerprint density at radius 3 is 2.18 bits per heavy atom. The Labute approximate surface area is 260 Å². The fourth-order valence-corrected chi connectivity index (χ4v) is 8.61. The van der Waals surface area contributed by atoms with Crippen LogP contribution in [0.15, 0.2) is 132 Å². The molecule has 0 bridgehead atoms. The molecular formula is C43H37N. The van der Waals surface area contributed by atoms with E-state index in [-0.39, 0.29) is 5.41 Å². The van der Waals surface area contributed by atoms with Gasteiger partial charge < -0.3 is 0 Å². The molecule has 1 nitrogen and oxygen atoms in total. The van der Waals surface area contributed by atoms with E-state index < -0.39 is 0 Å². The van der Waals surface area contributed by atoms with Crippen LogP contribution in [-0.2, 0) is 6.42 Å². The van der Waals surface area contributed by atoms with Gasteiger partial charge in [0.05, 0.1) is 5.69 Å². The number of rotatable bonds is 2. The quantitative estimate of drug-likeness (QED) is 0.220. The van der Waals surface area contributed by atoms with Crippen LogP contribution in [-0.4, -0.2) is 4.98 Å². The third-order valence-corrected chi connectivity index (χ3v) is 10.7. The number of aromatic nitrogens is 1. The highest BCUT2D eigenvalue weighted by atomic mass is 14.7. The maximum absolute atomic E-state index is 4.92. The Hall–Kier alpha value is -4.49. The Morgan fingerprint density at radius 2 is 1.45 bits per heavy atom. The average molecular weight is 568 g/mol. The van der Waals surface area contributed by atoms with Gasteiger partial charge in [-0.3, -0.25) is 4.98 Å². The van der Waals surface area contributed by atoms with Gasteiger partial charge in [0.25, 0.3) is 0 Å². The van der Waals surface area contributed by atoms with Crippen molar-refractivity contribution in [3.63, 3.8) is 0 Å². The number of benzene rings is 3. The molecule has 0 N–H and O–H groups in total. The van der Waals surface area contributed by atoms with Crippen molar-refractivity contribution in [1.29, 1.82) is 0 Å². The zero-order valence-corrected chi connectivity index (χ0v) is 25.7. The van der Waals surface area contributed by atoms with Crippen molar-refractivity contribution in [2.24, 2.45) is 29.1 Å². The highest BCUT2D eigenvalue weighted by Crippen LogP contribution is 2.56. The Kier molecular flexibility index (Phi) is 5.61. The number of hydrogen-bond donors (Lipinski definition) is 0. The van der Waals surface area contributed by atoms with Crippen LogP contribution in [0.2, 0.25) is 0 Å². The normalized spacial score (nSPS) is 24.8. The highest BCUT2D eigenvalue weighted by molar-refractivity contribution is 6.19. The zero-order chi connectivity index (χ0) is 29.6. The Bertz CT molecular complexity index is 2060. The molecule has 214 valence electrons. The predicted molar refractivity (Wildman–Crippen MR) is 186 cm³/mol. The molecule has 4 atom stereocenters. The smallest absolute Gasteiger partial charge is 0.0658 e. The van der Waals surface area contributed by atoms with Crippen LogP contribution in [0.5, 0.6) is 0 Å². The van der Waals surface area contributed by atoms with E-state index in [1.807, 2.05) is 0 Å². The van der Waals surface area contributed by atoms with E-state index in [0.717, 1.165) is 18.5 Å². The first-order valence-corrected chi connectivity index (χ1v) is 16.3. The van der Waals surface area contributed by atoms with Crippen LogP contribution < -0.4 is 0 Å². The number of pyridine rings is 1. The molecule has 0 aliphatic heterocycles. The van der Waals surface area contributed by atoms with E-state index in [2.05, 4.69) is 142 Å². The van der Waals surface area contributed by atoms with Crippen molar-refractivity contribution in [3.8, 4) is 11.1 Å². The number of aryl methyl sites for hydroxylation is 1. The lowest BCUT2D eigenvalue weighted by atomic mass is 9.56. The molecule has 0 saturated carbocycles. The Morgan fingerprint density at radius 1 is 0.750 bits per heavy atom. The molecule has 4 unspecified atom stereocenters. The first-order valence-electron chi connectivity index (χ1n) is 16.3. The molecule has 5 aliphatic rings. The van der Waals surface area contributed by atoms with Gasteiger partial charge in [0, 0.05) is 35.4 Å². The molecular weight excluding hydrogens is 530 g/mol. The second kappa shape index (κ2) is 9.50. The van der Waals surface area contributed by atoms with Crippen molar-refractivity contribution in [3.05, 3.63) is 149 Å². The van der Waals surface area contributed by atoms with E-state index in [1.54, 1.807) is 0 Å². The molecule has 1 aromatic heterocycles. The van der Waals surface area contributed by atoms with Crippen molar-refractivity contribution in [2.75, 3.05) is 0 Å². The molecule has 44 heavy (non-hydrogen) atoms. The van der Waals surface area contributed by atoms with Gasteiger partial charge in [-0.2, -0.15) is 0 Å². The molecule has 9 rings (SSSR count). The fourth-order valence-electron chi connectivity index (χ4n) is 8.61. The van der Waals surface area contributed by atoms with Crippen LogP contribution in [0, 0.1) is 29.1 Å². The highest BCUT2D eigenvalue weighted by Gasteiger charge is 2.45. The molecule has 4 aromatic rings. The third kappa shape index (κ3) is 3.81. The van der Waals surface area contributed by atoms with Gasteiger partial charge in [0.2, 0.25) is 0 Å². The standard InChI is InChI=1S/C43H37N/c1-43(2,3)31-23-28-17-16-26-18-20-37(36-21-19-29(24-31)39(28)41(26)36)42-34-13-7-5-11-32(34)40(33-12-6-8-14-35(33)42)30-22-27-10-4-9-15-38(27)44-25-30/h5-9,11-25,28,36,39,41H,4,10H2,1-3H3. The lowest BCUT2D eigenvalue weighted by molar-refractivity contribution is 0.323. The average Bonchev–Trinajstić information content (AvgIpc) is 3.05. The first kappa shape index (κ1) is 26.0. The molecule has 0 saturated heterocycles. The number of hydrogen-bond acceptors (Lipinski definition) is 1. The first-order chi connectivity index (χ1) is 21.5. The van der Waals surface area contributed by atoms with Gasteiger partial charge in [-0.1, -0.05) is 124 Å². The van der Waals surface area contributed by atoms with E-state index in [9.17, 15) is 0 Å². The lowest BCUT2D eigenvalue weighted by Gasteiger charge is -2.47. The maximum atomic E-state index is 4.92. The van der Waals surface area contributed by atoms with Crippen LogP contribution in [0.25, 0.3) is 44.3 Å². The SMILES string of the molecule is CC(C)(C)C1=CC2C=CC3=CC=C(c4c5ccccc5c(-c5cnc6c(c5)CCC=C6)c5ccccc45)C4C=CC(=C1)C2C34. The molecule has 0 spiro atoms. The summed E-state index contributed by atoms with van der Waals surface area (Å²) in [7, 11) is 0. The molecule has 0 radical (unpaired) electrons. The fraction of sp³-hybridized carbons (Fsp3) is 0.233. The van der Waals surface area contributed by atoms with Crippen LogP contribution in [0.1, 0.15) is 44.0 Å². The zero-order valence-electron chi connectivity index (χ0n) is 25.7. The number of allylic oxidation sites excluding steroid dienone is 13. The predicted octanol–water partition coefficient (Wildman–Crippen LogP) is 10.9. The summed E-state index contributed by atoms with van der Waals surface area (Å²) >= 11 is 0. The molecule has 5 aliphatic carbocycles. The second-order valence-corrected chi connectivity index (χ2v) is 14.2. The monoisotopic (exact) mass is 567 g/mol. The molecule has 0 fully saturated rings. The van der Waals surface area contributed by atoms with Gasteiger partial charge in [-0.15, -0.1) is 0 Å². The van der Waals surface area contributed by atoms with E-state index in [1.165, 1.54) is 66.1 Å². The van der Waals surface area contributed by atoms with Gasteiger partial charge in [0.1, 0.15) is 0 Å². The summed E-state index contributed by atoms with van der Waals surface area (Å²) in [4.78, 5) is 4.92.